The number of nitrogens with zero attached hydrogens (tertiary/aromatic N) is 1. The molecule has 1 aromatic heterocycles. The molecule has 1 heterocycles. The van der Waals surface area contributed by atoms with E-state index < -0.39 is 5.91 Å². The minimum atomic E-state index is -0.435. The van der Waals surface area contributed by atoms with Crippen LogP contribution in [0.4, 0.5) is 0 Å². The Morgan fingerprint density at radius 3 is 2.32 bits per heavy atom. The Morgan fingerprint density at radius 2 is 1.71 bits per heavy atom. The SMILES string of the molecule is COc1ccc(OC)c(-c2cc(C(N)=O)c(C)n2CCc2ccc(C)cc2)c1. The summed E-state index contributed by atoms with van der Waals surface area (Å²) in [4.78, 5) is 12.0. The van der Waals surface area contributed by atoms with Crippen LogP contribution < -0.4 is 15.2 Å². The number of aryl methyl sites for hydroxylation is 2. The number of benzene rings is 2. The highest BCUT2D eigenvalue weighted by molar-refractivity contribution is 5.96. The number of carbonyl (C=O) groups excluding carboxylic acids is 1. The van der Waals surface area contributed by atoms with Crippen molar-refractivity contribution in [2.75, 3.05) is 14.2 Å². The van der Waals surface area contributed by atoms with E-state index >= 15 is 0 Å². The van der Waals surface area contributed by atoms with Gasteiger partial charge in [0.05, 0.1) is 25.5 Å². The van der Waals surface area contributed by atoms with Crippen LogP contribution in [-0.4, -0.2) is 24.7 Å². The lowest BCUT2D eigenvalue weighted by Crippen LogP contribution is -2.13. The average molecular weight is 378 g/mol. The number of aromatic nitrogens is 1. The molecule has 3 rings (SSSR count). The van der Waals surface area contributed by atoms with Gasteiger partial charge in [0.25, 0.3) is 5.91 Å². The summed E-state index contributed by atoms with van der Waals surface area (Å²) in [6, 6.07) is 16.0. The lowest BCUT2D eigenvalue weighted by atomic mass is 10.1. The van der Waals surface area contributed by atoms with Crippen LogP contribution >= 0.6 is 0 Å². The maximum atomic E-state index is 12.0. The number of primary amides is 1. The molecule has 0 bridgehead atoms. The van der Waals surface area contributed by atoms with Gasteiger partial charge in [-0.25, -0.2) is 0 Å². The van der Waals surface area contributed by atoms with Gasteiger partial charge in [-0.3, -0.25) is 4.79 Å². The molecule has 1 amide bonds. The van der Waals surface area contributed by atoms with Gasteiger partial charge in [0.2, 0.25) is 0 Å². The summed E-state index contributed by atoms with van der Waals surface area (Å²) in [5.41, 5.74) is 11.2. The van der Waals surface area contributed by atoms with Gasteiger partial charge in [-0.05, 0) is 50.1 Å². The van der Waals surface area contributed by atoms with Gasteiger partial charge in [0.15, 0.2) is 0 Å². The summed E-state index contributed by atoms with van der Waals surface area (Å²) < 4.78 is 13.1. The number of hydrogen-bond donors (Lipinski definition) is 1. The minimum absolute atomic E-state index is 0.435. The highest BCUT2D eigenvalue weighted by Crippen LogP contribution is 2.36. The highest BCUT2D eigenvalue weighted by atomic mass is 16.5. The van der Waals surface area contributed by atoms with Crippen LogP contribution in [0.5, 0.6) is 11.5 Å². The summed E-state index contributed by atoms with van der Waals surface area (Å²) in [6.07, 6.45) is 0.841. The van der Waals surface area contributed by atoms with Crippen molar-refractivity contribution in [3.63, 3.8) is 0 Å². The fraction of sp³-hybridized carbons (Fsp3) is 0.261. The van der Waals surface area contributed by atoms with E-state index in [1.165, 1.54) is 11.1 Å². The standard InChI is InChI=1S/C23H26N2O3/c1-15-5-7-17(8-6-15)11-12-25-16(2)19(23(24)26)14-21(25)20-13-18(27-3)9-10-22(20)28-4/h5-10,13-14H,11-12H2,1-4H3,(H2,24,26). The van der Waals surface area contributed by atoms with Gasteiger partial charge in [-0.2, -0.15) is 0 Å². The van der Waals surface area contributed by atoms with Gasteiger partial charge in [0, 0.05) is 17.8 Å². The van der Waals surface area contributed by atoms with Gasteiger partial charge in [-0.15, -0.1) is 0 Å². The molecule has 3 aromatic rings. The number of methoxy groups -OCH3 is 2. The number of ether oxygens (including phenoxy) is 2. The van der Waals surface area contributed by atoms with Crippen LogP contribution in [-0.2, 0) is 13.0 Å². The van der Waals surface area contributed by atoms with Crippen LogP contribution in [0.15, 0.2) is 48.5 Å². The van der Waals surface area contributed by atoms with Crippen molar-refractivity contribution in [2.45, 2.75) is 26.8 Å². The largest absolute Gasteiger partial charge is 0.497 e. The second kappa shape index (κ2) is 8.21. The average Bonchev–Trinajstić information content (AvgIpc) is 3.03. The molecule has 5 heteroatoms. The zero-order chi connectivity index (χ0) is 20.3. The Kier molecular flexibility index (Phi) is 5.73. The van der Waals surface area contributed by atoms with E-state index in [0.717, 1.165) is 35.7 Å². The maximum absolute atomic E-state index is 12.0. The van der Waals surface area contributed by atoms with Crippen molar-refractivity contribution < 1.29 is 14.3 Å². The molecule has 0 saturated heterocycles. The molecular weight excluding hydrogens is 352 g/mol. The predicted octanol–water partition coefficient (Wildman–Crippen LogP) is 4.13. The van der Waals surface area contributed by atoms with Gasteiger partial charge in [0.1, 0.15) is 11.5 Å². The van der Waals surface area contributed by atoms with Crippen molar-refractivity contribution in [1.82, 2.24) is 4.57 Å². The van der Waals surface area contributed by atoms with E-state index in [9.17, 15) is 4.79 Å². The lowest BCUT2D eigenvalue weighted by Gasteiger charge is -2.15. The van der Waals surface area contributed by atoms with Crippen LogP contribution in [0.2, 0.25) is 0 Å². The Hall–Kier alpha value is -3.21. The summed E-state index contributed by atoms with van der Waals surface area (Å²) in [5, 5.41) is 0. The summed E-state index contributed by atoms with van der Waals surface area (Å²) in [5.74, 6) is 1.00. The third-order valence-corrected chi connectivity index (χ3v) is 5.06. The molecule has 2 N–H and O–H groups in total. The minimum Gasteiger partial charge on any atom is -0.497 e. The molecule has 0 atom stereocenters. The summed E-state index contributed by atoms with van der Waals surface area (Å²) in [7, 11) is 3.26. The maximum Gasteiger partial charge on any atom is 0.250 e. The third kappa shape index (κ3) is 3.88. The number of hydrogen-bond acceptors (Lipinski definition) is 3. The van der Waals surface area contributed by atoms with Crippen LogP contribution in [0, 0.1) is 13.8 Å². The molecule has 146 valence electrons. The fourth-order valence-corrected chi connectivity index (χ4v) is 3.42. The second-order valence-electron chi connectivity index (χ2n) is 6.85. The predicted molar refractivity (Wildman–Crippen MR) is 111 cm³/mol. The monoisotopic (exact) mass is 378 g/mol. The zero-order valence-electron chi connectivity index (χ0n) is 16.8. The number of amides is 1. The molecule has 0 aliphatic carbocycles. The van der Waals surface area contributed by atoms with Gasteiger partial charge >= 0.3 is 0 Å². The molecule has 28 heavy (non-hydrogen) atoms. The van der Waals surface area contributed by atoms with E-state index in [4.69, 9.17) is 15.2 Å². The second-order valence-corrected chi connectivity index (χ2v) is 6.85. The molecule has 0 spiro atoms. The van der Waals surface area contributed by atoms with Gasteiger partial charge in [-0.1, -0.05) is 29.8 Å². The fourth-order valence-electron chi connectivity index (χ4n) is 3.42. The van der Waals surface area contributed by atoms with Crippen LogP contribution in [0.1, 0.15) is 27.2 Å². The Morgan fingerprint density at radius 1 is 1.00 bits per heavy atom. The van der Waals surface area contributed by atoms with Crippen molar-refractivity contribution in [2.24, 2.45) is 5.73 Å². The van der Waals surface area contributed by atoms with E-state index in [1.807, 2.05) is 31.2 Å². The van der Waals surface area contributed by atoms with Crippen LogP contribution in [0.25, 0.3) is 11.3 Å². The van der Waals surface area contributed by atoms with Gasteiger partial charge < -0.3 is 19.8 Å². The van der Waals surface area contributed by atoms with E-state index in [1.54, 1.807) is 14.2 Å². The number of carbonyl (C=O) groups is 1. The zero-order valence-corrected chi connectivity index (χ0v) is 16.8. The topological polar surface area (TPSA) is 66.5 Å². The highest BCUT2D eigenvalue weighted by Gasteiger charge is 2.19. The number of nitrogens with two attached hydrogens (primary N) is 1. The third-order valence-electron chi connectivity index (χ3n) is 5.06. The molecule has 0 fully saturated rings. The van der Waals surface area contributed by atoms with E-state index in [-0.39, 0.29) is 0 Å². The first-order valence-electron chi connectivity index (χ1n) is 9.22. The van der Waals surface area contributed by atoms with E-state index in [2.05, 4.69) is 35.8 Å². The van der Waals surface area contributed by atoms with Crippen molar-refractivity contribution in [3.05, 3.63) is 70.9 Å². The Bertz CT molecular complexity index is 988. The van der Waals surface area contributed by atoms with Crippen molar-refractivity contribution in [1.29, 1.82) is 0 Å². The molecule has 0 aliphatic rings. The molecule has 0 aliphatic heterocycles. The Labute approximate surface area is 165 Å². The lowest BCUT2D eigenvalue weighted by molar-refractivity contribution is 0.0999. The van der Waals surface area contributed by atoms with Crippen molar-refractivity contribution >= 4 is 5.91 Å². The van der Waals surface area contributed by atoms with Crippen molar-refractivity contribution in [3.8, 4) is 22.8 Å². The van der Waals surface area contributed by atoms with Crippen LogP contribution in [0.3, 0.4) is 0 Å². The first kappa shape index (κ1) is 19.5. The smallest absolute Gasteiger partial charge is 0.250 e. The summed E-state index contributed by atoms with van der Waals surface area (Å²) in [6.45, 7) is 4.72. The molecule has 0 radical (unpaired) electrons. The molecule has 0 saturated carbocycles. The normalized spacial score (nSPS) is 10.7. The molecule has 0 unspecified atom stereocenters. The summed E-state index contributed by atoms with van der Waals surface area (Å²) >= 11 is 0. The first-order valence-corrected chi connectivity index (χ1v) is 9.22. The van der Waals surface area contributed by atoms with E-state index in [0.29, 0.717) is 11.3 Å². The number of rotatable bonds is 7. The first-order chi connectivity index (χ1) is 13.4. The molecular formula is C23H26N2O3. The molecule has 2 aromatic carbocycles. The quantitative estimate of drug-likeness (QED) is 0.672. The molecule has 5 nitrogen and oxygen atoms in total. The Balaban J connectivity index is 2.07.